The molecule has 0 N–H and O–H groups in total. The number of nitrogens with zero attached hydrogens (tertiary/aromatic N) is 2. The van der Waals surface area contributed by atoms with E-state index in [1.54, 1.807) is 0 Å². The maximum Gasteiger partial charge on any atom is 0.0619 e. The molecular weight excluding hydrogens is 629 g/mol. The smallest absolute Gasteiger partial charge is 0.0619 e. The number of fused-ring (bicyclic) bond motifs is 1. The molecule has 0 fully saturated rings. The SMILES string of the molecule is c1ccc(-c2ccc(N(c3ccc(-c4ccccc4)cc3)c3ccc(-c4c(-c5ccccc5)n(-c5ccccc5)c5ccccc45)cc3)cc2)cc1. The third-order valence-corrected chi connectivity index (χ3v) is 9.82. The summed E-state index contributed by atoms with van der Waals surface area (Å²) in [4.78, 5) is 2.35. The molecule has 0 atom stereocenters. The maximum absolute atomic E-state index is 2.41. The summed E-state index contributed by atoms with van der Waals surface area (Å²) in [5.41, 5.74) is 15.2. The van der Waals surface area contributed by atoms with Gasteiger partial charge in [-0.25, -0.2) is 0 Å². The number of anilines is 3. The Bertz CT molecular complexity index is 2470. The zero-order valence-electron chi connectivity index (χ0n) is 28.7. The standard InChI is InChI=1S/C50H36N2/c1-5-15-37(16-6-1)39-25-31-44(32-26-39)51(45-33-27-40(28-34-45)38-17-7-2-8-18-38)46-35-29-41(30-36-46)49-47-23-13-14-24-48(47)52(43-21-11-4-12-22-43)50(49)42-19-9-3-10-20-42/h1-36H. The molecule has 9 rings (SSSR count). The first-order chi connectivity index (χ1) is 25.8. The zero-order chi connectivity index (χ0) is 34.7. The average Bonchev–Trinajstić information content (AvgIpc) is 3.58. The Labute approximate surface area is 305 Å². The number of para-hydroxylation sites is 2. The van der Waals surface area contributed by atoms with Gasteiger partial charge in [0.25, 0.3) is 0 Å². The lowest BCUT2D eigenvalue weighted by Crippen LogP contribution is -2.09. The quantitative estimate of drug-likeness (QED) is 0.157. The van der Waals surface area contributed by atoms with Crippen molar-refractivity contribution in [3.05, 3.63) is 218 Å². The number of hydrogen-bond donors (Lipinski definition) is 0. The Morgan fingerprint density at radius 3 is 1.13 bits per heavy atom. The third kappa shape index (κ3) is 5.87. The molecule has 0 aliphatic heterocycles. The van der Waals surface area contributed by atoms with Crippen LogP contribution in [-0.2, 0) is 0 Å². The van der Waals surface area contributed by atoms with E-state index >= 15 is 0 Å². The highest BCUT2D eigenvalue weighted by Crippen LogP contribution is 2.44. The van der Waals surface area contributed by atoms with Crippen LogP contribution in [0.25, 0.3) is 61.2 Å². The van der Waals surface area contributed by atoms with Crippen molar-refractivity contribution in [1.82, 2.24) is 4.57 Å². The maximum atomic E-state index is 2.41. The van der Waals surface area contributed by atoms with Gasteiger partial charge < -0.3 is 9.47 Å². The Kier molecular flexibility index (Phi) is 8.24. The molecule has 0 saturated carbocycles. The highest BCUT2D eigenvalue weighted by atomic mass is 15.1. The normalized spacial score (nSPS) is 11.1. The molecule has 246 valence electrons. The van der Waals surface area contributed by atoms with Crippen molar-refractivity contribution in [1.29, 1.82) is 0 Å². The van der Waals surface area contributed by atoms with E-state index in [9.17, 15) is 0 Å². The van der Waals surface area contributed by atoms with Gasteiger partial charge in [-0.3, -0.25) is 0 Å². The molecule has 0 amide bonds. The number of rotatable bonds is 8. The fourth-order valence-corrected chi connectivity index (χ4v) is 7.34. The van der Waals surface area contributed by atoms with Crippen molar-refractivity contribution in [3.63, 3.8) is 0 Å². The molecule has 0 saturated heterocycles. The Morgan fingerprint density at radius 2 is 0.654 bits per heavy atom. The number of benzene rings is 8. The van der Waals surface area contributed by atoms with E-state index < -0.39 is 0 Å². The van der Waals surface area contributed by atoms with Crippen molar-refractivity contribution in [2.24, 2.45) is 0 Å². The van der Waals surface area contributed by atoms with Gasteiger partial charge in [0.2, 0.25) is 0 Å². The summed E-state index contributed by atoms with van der Waals surface area (Å²) in [5, 5.41) is 1.22. The van der Waals surface area contributed by atoms with Gasteiger partial charge in [0.15, 0.2) is 0 Å². The summed E-state index contributed by atoms with van der Waals surface area (Å²) >= 11 is 0. The van der Waals surface area contributed by atoms with Crippen LogP contribution in [-0.4, -0.2) is 4.57 Å². The lowest BCUT2D eigenvalue weighted by molar-refractivity contribution is 1.13. The van der Waals surface area contributed by atoms with E-state index in [1.807, 2.05) is 0 Å². The van der Waals surface area contributed by atoms with Crippen molar-refractivity contribution in [3.8, 4) is 50.3 Å². The molecule has 52 heavy (non-hydrogen) atoms. The highest BCUT2D eigenvalue weighted by molar-refractivity contribution is 6.06. The van der Waals surface area contributed by atoms with Gasteiger partial charge in [-0.2, -0.15) is 0 Å². The molecule has 0 radical (unpaired) electrons. The molecule has 0 bridgehead atoms. The van der Waals surface area contributed by atoms with Crippen LogP contribution < -0.4 is 4.90 Å². The van der Waals surface area contributed by atoms with Crippen LogP contribution in [0.3, 0.4) is 0 Å². The highest BCUT2D eigenvalue weighted by Gasteiger charge is 2.22. The van der Waals surface area contributed by atoms with E-state index in [-0.39, 0.29) is 0 Å². The molecule has 2 nitrogen and oxygen atoms in total. The fourth-order valence-electron chi connectivity index (χ4n) is 7.34. The second kappa shape index (κ2) is 13.8. The van der Waals surface area contributed by atoms with E-state index in [2.05, 4.69) is 228 Å². The molecule has 2 heteroatoms. The number of hydrogen-bond acceptors (Lipinski definition) is 1. The van der Waals surface area contributed by atoms with Gasteiger partial charge in [-0.1, -0.05) is 164 Å². The largest absolute Gasteiger partial charge is 0.311 e. The van der Waals surface area contributed by atoms with Crippen LogP contribution in [0.15, 0.2) is 218 Å². The van der Waals surface area contributed by atoms with Crippen molar-refractivity contribution in [2.45, 2.75) is 0 Å². The Morgan fingerprint density at radius 1 is 0.288 bits per heavy atom. The summed E-state index contributed by atoms with van der Waals surface area (Å²) in [5.74, 6) is 0. The van der Waals surface area contributed by atoms with Crippen LogP contribution >= 0.6 is 0 Å². The van der Waals surface area contributed by atoms with Gasteiger partial charge >= 0.3 is 0 Å². The Hall–Kier alpha value is -6.90. The monoisotopic (exact) mass is 664 g/mol. The van der Waals surface area contributed by atoms with Crippen molar-refractivity contribution >= 4 is 28.0 Å². The zero-order valence-corrected chi connectivity index (χ0v) is 28.7. The fraction of sp³-hybridized carbons (Fsp3) is 0. The van der Waals surface area contributed by atoms with Gasteiger partial charge in [0.05, 0.1) is 11.2 Å². The van der Waals surface area contributed by atoms with Gasteiger partial charge in [0.1, 0.15) is 0 Å². The first-order valence-electron chi connectivity index (χ1n) is 17.8. The summed E-state index contributed by atoms with van der Waals surface area (Å²) in [6, 6.07) is 78.2. The predicted octanol–water partition coefficient (Wildman–Crippen LogP) is 13.8. The molecule has 0 spiro atoms. The molecule has 1 heterocycles. The predicted molar refractivity (Wildman–Crippen MR) is 220 cm³/mol. The Balaban J connectivity index is 1.18. The van der Waals surface area contributed by atoms with Crippen molar-refractivity contribution in [2.75, 3.05) is 4.90 Å². The minimum atomic E-state index is 1.09. The molecule has 9 aromatic rings. The van der Waals surface area contributed by atoms with E-state index in [4.69, 9.17) is 0 Å². The first-order valence-corrected chi connectivity index (χ1v) is 17.8. The summed E-state index contributed by atoms with van der Waals surface area (Å²) < 4.78 is 2.41. The molecular formula is C50H36N2. The second-order valence-corrected chi connectivity index (χ2v) is 13.0. The number of aromatic nitrogens is 1. The summed E-state index contributed by atoms with van der Waals surface area (Å²) in [6.45, 7) is 0. The molecule has 0 aliphatic rings. The lowest BCUT2D eigenvalue weighted by Gasteiger charge is -2.26. The first kappa shape index (κ1) is 31.1. The lowest BCUT2D eigenvalue weighted by atomic mass is 9.97. The van der Waals surface area contributed by atoms with Crippen molar-refractivity contribution < 1.29 is 0 Å². The van der Waals surface area contributed by atoms with E-state index in [0.717, 1.165) is 22.7 Å². The van der Waals surface area contributed by atoms with Crippen LogP contribution in [0.5, 0.6) is 0 Å². The molecule has 8 aromatic carbocycles. The average molecular weight is 665 g/mol. The van der Waals surface area contributed by atoms with E-state index in [1.165, 1.54) is 55.5 Å². The van der Waals surface area contributed by atoms with Gasteiger partial charge in [-0.15, -0.1) is 0 Å². The minimum Gasteiger partial charge on any atom is -0.311 e. The molecule has 0 aliphatic carbocycles. The summed E-state index contributed by atoms with van der Waals surface area (Å²) in [7, 11) is 0. The van der Waals surface area contributed by atoms with Crippen LogP contribution in [0.4, 0.5) is 17.1 Å². The van der Waals surface area contributed by atoms with Gasteiger partial charge in [-0.05, 0) is 88.0 Å². The minimum absolute atomic E-state index is 1.09. The summed E-state index contributed by atoms with van der Waals surface area (Å²) in [6.07, 6.45) is 0. The third-order valence-electron chi connectivity index (χ3n) is 9.82. The second-order valence-electron chi connectivity index (χ2n) is 13.0. The molecule has 1 aromatic heterocycles. The van der Waals surface area contributed by atoms with E-state index in [0.29, 0.717) is 0 Å². The molecule has 0 unspecified atom stereocenters. The van der Waals surface area contributed by atoms with Crippen LogP contribution in [0.2, 0.25) is 0 Å². The topological polar surface area (TPSA) is 8.17 Å². The van der Waals surface area contributed by atoms with Crippen LogP contribution in [0.1, 0.15) is 0 Å². The van der Waals surface area contributed by atoms with Crippen LogP contribution in [0, 0.1) is 0 Å². The van der Waals surface area contributed by atoms with Gasteiger partial charge in [0, 0.05) is 33.7 Å².